The molecule has 0 aliphatic carbocycles. The maximum absolute atomic E-state index is 11.8. The van der Waals surface area contributed by atoms with Crippen LogP contribution in [0.4, 0.5) is 0 Å². The van der Waals surface area contributed by atoms with Gasteiger partial charge in [-0.15, -0.1) is 0 Å². The van der Waals surface area contributed by atoms with Crippen LogP contribution in [-0.4, -0.2) is 16.0 Å². The zero-order valence-electron chi connectivity index (χ0n) is 9.46. The van der Waals surface area contributed by atoms with Gasteiger partial charge in [0.1, 0.15) is 12.4 Å². The third kappa shape index (κ3) is 2.34. The van der Waals surface area contributed by atoms with Crippen LogP contribution in [0.5, 0.6) is 0 Å². The fourth-order valence-corrected chi connectivity index (χ4v) is 1.31. The van der Waals surface area contributed by atoms with E-state index in [2.05, 4.69) is 5.32 Å². The highest BCUT2D eigenvalue weighted by Gasteiger charge is 2.24. The van der Waals surface area contributed by atoms with E-state index in [1.54, 1.807) is 9.13 Å². The summed E-state index contributed by atoms with van der Waals surface area (Å²) in [6.07, 6.45) is 3.72. The van der Waals surface area contributed by atoms with Crippen LogP contribution in [0.25, 0.3) is 0 Å². The highest BCUT2D eigenvalue weighted by atomic mass is 16.2. The molecule has 0 aliphatic heterocycles. The summed E-state index contributed by atoms with van der Waals surface area (Å²) in [5, 5.41) is 2.92. The maximum atomic E-state index is 11.8. The second-order valence-electron chi connectivity index (χ2n) is 4.55. The Hall–Kier alpha value is -1.32. The van der Waals surface area contributed by atoms with Crippen molar-refractivity contribution in [2.45, 2.75) is 26.3 Å². The van der Waals surface area contributed by atoms with Crippen molar-refractivity contribution >= 4 is 5.91 Å². The lowest BCUT2D eigenvalue weighted by Crippen LogP contribution is -2.47. The molecule has 4 nitrogen and oxygen atoms in total. The Balaban J connectivity index is 2.90. The molecular weight excluding hydrogens is 178 g/mol. The van der Waals surface area contributed by atoms with E-state index >= 15 is 0 Å². The number of nitrogens with one attached hydrogen (secondary N) is 1. The zero-order chi connectivity index (χ0) is 10.9. The predicted molar refractivity (Wildman–Crippen MR) is 53.8 cm³/mol. The molecule has 0 saturated carbocycles. The molecule has 0 spiro atoms. The topological polar surface area (TPSA) is 37.9 Å². The molecule has 1 N–H and O–H groups in total. The second-order valence-corrected chi connectivity index (χ2v) is 4.55. The van der Waals surface area contributed by atoms with Crippen LogP contribution < -0.4 is 9.88 Å². The average molecular weight is 196 g/mol. The van der Waals surface area contributed by atoms with Gasteiger partial charge in [-0.1, -0.05) is 0 Å². The number of aromatic nitrogens is 2. The lowest BCUT2D eigenvalue weighted by atomic mass is 10.1. The zero-order valence-corrected chi connectivity index (χ0v) is 9.46. The molecule has 14 heavy (non-hydrogen) atoms. The van der Waals surface area contributed by atoms with Gasteiger partial charge in [-0.3, -0.25) is 4.79 Å². The Morgan fingerprint density at radius 3 is 2.43 bits per heavy atom. The number of aryl methyl sites for hydroxylation is 2. The van der Waals surface area contributed by atoms with E-state index in [1.807, 2.05) is 47.3 Å². The van der Waals surface area contributed by atoms with E-state index in [9.17, 15) is 4.79 Å². The largest absolute Gasteiger partial charge is 0.347 e. The number of nitrogens with zero attached hydrogens (tertiary/aromatic N) is 2. The highest BCUT2D eigenvalue weighted by Crippen LogP contribution is 2.01. The maximum Gasteiger partial charge on any atom is 0.347 e. The van der Waals surface area contributed by atoms with Crippen molar-refractivity contribution in [1.82, 2.24) is 9.88 Å². The molecule has 0 bridgehead atoms. The molecule has 1 amide bonds. The first-order valence-corrected chi connectivity index (χ1v) is 4.65. The monoisotopic (exact) mass is 196 g/mol. The molecule has 0 saturated heterocycles. The summed E-state index contributed by atoms with van der Waals surface area (Å²) >= 11 is 0. The van der Waals surface area contributed by atoms with Crippen LogP contribution in [-0.2, 0) is 14.1 Å². The molecule has 0 atom stereocenters. The minimum Gasteiger partial charge on any atom is -0.341 e. The third-order valence-electron chi connectivity index (χ3n) is 1.87. The van der Waals surface area contributed by atoms with Crippen molar-refractivity contribution in [3.05, 3.63) is 18.2 Å². The second kappa shape index (κ2) is 3.44. The van der Waals surface area contributed by atoms with Gasteiger partial charge in [0.25, 0.3) is 0 Å². The van der Waals surface area contributed by atoms with Gasteiger partial charge < -0.3 is 5.32 Å². The minimum absolute atomic E-state index is 0.0486. The summed E-state index contributed by atoms with van der Waals surface area (Å²) < 4.78 is 3.61. The molecule has 0 aliphatic rings. The van der Waals surface area contributed by atoms with Crippen molar-refractivity contribution in [2.24, 2.45) is 14.1 Å². The molecular formula is C10H18N3O+. The van der Waals surface area contributed by atoms with Crippen LogP contribution >= 0.6 is 0 Å². The number of hydrogen-bond donors (Lipinski definition) is 1. The van der Waals surface area contributed by atoms with Crippen molar-refractivity contribution in [1.29, 1.82) is 0 Å². The van der Waals surface area contributed by atoms with Crippen molar-refractivity contribution in [3.63, 3.8) is 0 Å². The van der Waals surface area contributed by atoms with Gasteiger partial charge in [0.05, 0.1) is 14.1 Å². The van der Waals surface area contributed by atoms with E-state index in [1.165, 1.54) is 0 Å². The molecule has 4 heteroatoms. The molecule has 0 fully saturated rings. The SMILES string of the molecule is Cn1cc[n+](C)c1C(=O)NC(C)(C)C. The van der Waals surface area contributed by atoms with Gasteiger partial charge in [0.15, 0.2) is 0 Å². The smallest absolute Gasteiger partial charge is 0.341 e. The van der Waals surface area contributed by atoms with Gasteiger partial charge in [-0.05, 0) is 20.8 Å². The van der Waals surface area contributed by atoms with Gasteiger partial charge >= 0.3 is 11.7 Å². The summed E-state index contributed by atoms with van der Waals surface area (Å²) in [7, 11) is 3.72. The summed E-state index contributed by atoms with van der Waals surface area (Å²) in [6.45, 7) is 5.90. The molecule has 1 aromatic heterocycles. The standard InChI is InChI=1S/C10H17N3O/c1-10(2,3)11-8(14)9-12(4)6-7-13(9)5/h6-7H,1-5H3/p+1. The van der Waals surface area contributed by atoms with Gasteiger partial charge in [0, 0.05) is 5.54 Å². The number of imidazole rings is 1. The lowest BCUT2D eigenvalue weighted by Gasteiger charge is -2.18. The molecule has 1 aromatic rings. The normalized spacial score (nSPS) is 11.5. The van der Waals surface area contributed by atoms with Crippen LogP contribution in [0.15, 0.2) is 12.4 Å². The fourth-order valence-electron chi connectivity index (χ4n) is 1.31. The van der Waals surface area contributed by atoms with Crippen LogP contribution in [0.3, 0.4) is 0 Å². The van der Waals surface area contributed by atoms with E-state index < -0.39 is 0 Å². The van der Waals surface area contributed by atoms with Crippen molar-refractivity contribution in [2.75, 3.05) is 0 Å². The van der Waals surface area contributed by atoms with E-state index in [4.69, 9.17) is 0 Å². The van der Waals surface area contributed by atoms with Gasteiger partial charge in [-0.2, -0.15) is 0 Å². The highest BCUT2D eigenvalue weighted by molar-refractivity contribution is 5.89. The number of hydrogen-bond acceptors (Lipinski definition) is 1. The number of carbonyl (C=O) groups is 1. The molecule has 0 unspecified atom stereocenters. The van der Waals surface area contributed by atoms with E-state index in [0.29, 0.717) is 5.82 Å². The van der Waals surface area contributed by atoms with Crippen LogP contribution in [0.2, 0.25) is 0 Å². The first-order chi connectivity index (χ1) is 6.31. The first kappa shape index (κ1) is 10.8. The van der Waals surface area contributed by atoms with E-state index in [-0.39, 0.29) is 11.4 Å². The van der Waals surface area contributed by atoms with Crippen molar-refractivity contribution < 1.29 is 9.36 Å². The molecule has 0 radical (unpaired) electrons. The summed E-state index contributed by atoms with van der Waals surface area (Å²) in [5.74, 6) is 0.604. The third-order valence-corrected chi connectivity index (χ3v) is 1.87. The lowest BCUT2D eigenvalue weighted by molar-refractivity contribution is -0.673. The number of carbonyl (C=O) groups excluding carboxylic acids is 1. The van der Waals surface area contributed by atoms with E-state index in [0.717, 1.165) is 0 Å². The van der Waals surface area contributed by atoms with Gasteiger partial charge in [0.2, 0.25) is 0 Å². The fraction of sp³-hybridized carbons (Fsp3) is 0.600. The summed E-state index contributed by atoms with van der Waals surface area (Å²) in [4.78, 5) is 11.8. The summed E-state index contributed by atoms with van der Waals surface area (Å²) in [5.41, 5.74) is -0.200. The van der Waals surface area contributed by atoms with Crippen LogP contribution in [0, 0.1) is 0 Å². The Morgan fingerprint density at radius 2 is 2.07 bits per heavy atom. The first-order valence-electron chi connectivity index (χ1n) is 4.65. The number of amides is 1. The Morgan fingerprint density at radius 1 is 1.50 bits per heavy atom. The molecule has 1 rings (SSSR count). The average Bonchev–Trinajstić information content (AvgIpc) is 2.27. The quantitative estimate of drug-likeness (QED) is 0.648. The van der Waals surface area contributed by atoms with Crippen molar-refractivity contribution in [3.8, 4) is 0 Å². The Kier molecular flexibility index (Phi) is 2.64. The number of rotatable bonds is 1. The van der Waals surface area contributed by atoms with Crippen LogP contribution in [0.1, 0.15) is 31.4 Å². The minimum atomic E-state index is -0.200. The Bertz CT molecular complexity index is 327. The predicted octanol–water partition coefficient (Wildman–Crippen LogP) is 0.378. The molecule has 0 aromatic carbocycles. The summed E-state index contributed by atoms with van der Waals surface area (Å²) in [6, 6.07) is 0. The molecule has 78 valence electrons. The van der Waals surface area contributed by atoms with Gasteiger partial charge in [-0.25, -0.2) is 9.13 Å². The Labute approximate surface area is 84.5 Å². The molecule has 1 heterocycles.